The lowest BCUT2D eigenvalue weighted by molar-refractivity contribution is -0.0800. The van der Waals surface area contributed by atoms with Crippen molar-refractivity contribution in [3.8, 4) is 5.75 Å². The fraction of sp³-hybridized carbons (Fsp3) is 0.500. The minimum absolute atomic E-state index is 0.167. The second-order valence-corrected chi connectivity index (χ2v) is 12.0. The van der Waals surface area contributed by atoms with Gasteiger partial charge in [0.2, 0.25) is 0 Å². The van der Waals surface area contributed by atoms with Crippen LogP contribution in [0, 0.1) is 18.8 Å². The number of esters is 1. The smallest absolute Gasteiger partial charge is 0.419 e. The van der Waals surface area contributed by atoms with Gasteiger partial charge >= 0.3 is 12.1 Å². The number of rotatable bonds is 6. The first kappa shape index (κ1) is 28.2. The summed E-state index contributed by atoms with van der Waals surface area (Å²) >= 11 is 0. The van der Waals surface area contributed by atoms with E-state index in [1.54, 1.807) is 17.9 Å². The van der Waals surface area contributed by atoms with E-state index in [0.717, 1.165) is 60.4 Å². The van der Waals surface area contributed by atoms with Crippen molar-refractivity contribution in [1.82, 2.24) is 9.47 Å². The van der Waals surface area contributed by atoms with Gasteiger partial charge in [-0.15, -0.1) is 0 Å². The van der Waals surface area contributed by atoms with Crippen molar-refractivity contribution in [2.45, 2.75) is 58.7 Å². The molecular weight excluding hydrogens is 508 g/mol. The number of aryl methyl sites for hydroxylation is 1. The molecule has 0 amide bonds. The molecule has 2 atom stereocenters. The molecular formula is C32H40N2O6. The standard InChI is InChI=1S/C32H40N2O6/c1-20-15-28(37-5)26(25-12-14-34(29(20)25)31(36)40-32(2,3)4)17-33-13-11-23(24-18-39-19-24)16-27(33)21-7-9-22(10-8-21)30(35)38-6/h7-10,12,14-15,23-24,27H,11,13,16-19H2,1-6H3/t23-,27-/m1/s1. The zero-order valence-electron chi connectivity index (χ0n) is 24.4. The Morgan fingerprint density at radius 3 is 2.38 bits per heavy atom. The summed E-state index contributed by atoms with van der Waals surface area (Å²) in [6, 6.07) is 12.0. The predicted molar refractivity (Wildman–Crippen MR) is 153 cm³/mol. The van der Waals surface area contributed by atoms with E-state index >= 15 is 0 Å². The van der Waals surface area contributed by atoms with E-state index in [4.69, 9.17) is 18.9 Å². The highest BCUT2D eigenvalue weighted by molar-refractivity contribution is 5.95. The van der Waals surface area contributed by atoms with Crippen molar-refractivity contribution in [1.29, 1.82) is 0 Å². The quantitative estimate of drug-likeness (QED) is 0.343. The van der Waals surface area contributed by atoms with Crippen LogP contribution in [0.15, 0.2) is 42.6 Å². The maximum absolute atomic E-state index is 13.1. The first-order valence-electron chi connectivity index (χ1n) is 14.0. The molecule has 40 heavy (non-hydrogen) atoms. The number of benzene rings is 2. The van der Waals surface area contributed by atoms with Crippen molar-refractivity contribution in [2.24, 2.45) is 11.8 Å². The van der Waals surface area contributed by atoms with Crippen LogP contribution in [0.5, 0.6) is 5.75 Å². The highest BCUT2D eigenvalue weighted by atomic mass is 16.6. The fourth-order valence-electron chi connectivity index (χ4n) is 6.07. The van der Waals surface area contributed by atoms with Gasteiger partial charge in [0, 0.05) is 35.7 Å². The second kappa shape index (κ2) is 11.3. The Labute approximate surface area is 236 Å². The fourth-order valence-corrected chi connectivity index (χ4v) is 6.07. The van der Waals surface area contributed by atoms with Gasteiger partial charge in [0.05, 0.1) is 38.5 Å². The lowest BCUT2D eigenvalue weighted by Crippen LogP contribution is -2.43. The number of aromatic nitrogens is 1. The number of hydrogen-bond acceptors (Lipinski definition) is 7. The van der Waals surface area contributed by atoms with Crippen LogP contribution in [0.25, 0.3) is 10.9 Å². The van der Waals surface area contributed by atoms with E-state index < -0.39 is 11.7 Å². The van der Waals surface area contributed by atoms with E-state index in [-0.39, 0.29) is 12.0 Å². The van der Waals surface area contributed by atoms with Crippen molar-refractivity contribution < 1.29 is 28.5 Å². The third-order valence-corrected chi connectivity index (χ3v) is 8.20. The van der Waals surface area contributed by atoms with Crippen LogP contribution in [-0.4, -0.2) is 61.1 Å². The van der Waals surface area contributed by atoms with Gasteiger partial charge in [-0.1, -0.05) is 12.1 Å². The number of hydrogen-bond donors (Lipinski definition) is 0. The molecule has 2 fully saturated rings. The molecule has 0 N–H and O–H groups in total. The molecule has 0 saturated carbocycles. The summed E-state index contributed by atoms with van der Waals surface area (Å²) in [5.74, 6) is 1.66. The predicted octanol–water partition coefficient (Wildman–Crippen LogP) is 6.13. The summed E-state index contributed by atoms with van der Waals surface area (Å²) < 4.78 is 23.6. The third kappa shape index (κ3) is 5.60. The van der Waals surface area contributed by atoms with Crippen molar-refractivity contribution in [2.75, 3.05) is 34.0 Å². The van der Waals surface area contributed by atoms with Crippen LogP contribution in [0.2, 0.25) is 0 Å². The zero-order chi connectivity index (χ0) is 28.6. The SMILES string of the molecule is COC(=O)c1ccc([C@H]2C[C@H](C3COC3)CCN2Cc2c(OC)cc(C)c3c2ccn3C(=O)OC(C)(C)C)cc1. The molecule has 0 spiro atoms. The molecule has 1 aromatic heterocycles. The number of fused-ring (bicyclic) bond motifs is 1. The summed E-state index contributed by atoms with van der Waals surface area (Å²) in [6.45, 7) is 10.9. The Kier molecular flexibility index (Phi) is 7.93. The second-order valence-electron chi connectivity index (χ2n) is 12.0. The molecule has 8 heteroatoms. The molecule has 214 valence electrons. The van der Waals surface area contributed by atoms with Crippen LogP contribution in [-0.2, 0) is 20.8 Å². The zero-order valence-corrected chi connectivity index (χ0v) is 24.4. The third-order valence-electron chi connectivity index (χ3n) is 8.20. The molecule has 3 heterocycles. The molecule has 0 unspecified atom stereocenters. The number of ether oxygens (including phenoxy) is 4. The Hall–Kier alpha value is -3.36. The molecule has 5 rings (SSSR count). The van der Waals surface area contributed by atoms with E-state index in [2.05, 4.69) is 4.90 Å². The van der Waals surface area contributed by atoms with Gasteiger partial charge in [-0.25, -0.2) is 9.59 Å². The molecule has 2 aliphatic rings. The normalized spacial score (nSPS) is 20.2. The first-order chi connectivity index (χ1) is 19.1. The summed E-state index contributed by atoms with van der Waals surface area (Å²) in [7, 11) is 3.09. The average Bonchev–Trinajstić information content (AvgIpc) is 3.35. The van der Waals surface area contributed by atoms with E-state index in [0.29, 0.717) is 23.9 Å². The Morgan fingerprint density at radius 2 is 1.77 bits per heavy atom. The first-order valence-corrected chi connectivity index (χ1v) is 14.0. The highest BCUT2D eigenvalue weighted by Crippen LogP contribution is 2.42. The topological polar surface area (TPSA) is 79.2 Å². The van der Waals surface area contributed by atoms with Gasteiger partial charge in [0.25, 0.3) is 0 Å². The van der Waals surface area contributed by atoms with Crippen molar-refractivity contribution in [3.63, 3.8) is 0 Å². The number of likely N-dealkylation sites (tertiary alicyclic amines) is 1. The monoisotopic (exact) mass is 548 g/mol. The molecule has 0 radical (unpaired) electrons. The Morgan fingerprint density at radius 1 is 1.05 bits per heavy atom. The molecule has 2 saturated heterocycles. The minimum Gasteiger partial charge on any atom is -0.496 e. The lowest BCUT2D eigenvalue weighted by atomic mass is 9.78. The maximum atomic E-state index is 13.1. The molecule has 0 aliphatic carbocycles. The van der Waals surface area contributed by atoms with E-state index in [1.165, 1.54) is 12.7 Å². The Balaban J connectivity index is 1.50. The molecule has 3 aromatic rings. The van der Waals surface area contributed by atoms with Crippen LogP contribution < -0.4 is 4.74 Å². The maximum Gasteiger partial charge on any atom is 0.419 e. The van der Waals surface area contributed by atoms with Gasteiger partial charge in [-0.2, -0.15) is 0 Å². The summed E-state index contributed by atoms with van der Waals surface area (Å²) in [5.41, 5.74) is 3.96. The lowest BCUT2D eigenvalue weighted by Gasteiger charge is -2.44. The minimum atomic E-state index is -0.594. The number of methoxy groups -OCH3 is 2. The van der Waals surface area contributed by atoms with Crippen LogP contribution in [0.4, 0.5) is 4.79 Å². The van der Waals surface area contributed by atoms with Crippen LogP contribution >= 0.6 is 0 Å². The number of piperidine rings is 1. The number of nitrogens with zero attached hydrogens (tertiary/aromatic N) is 2. The van der Waals surface area contributed by atoms with Crippen LogP contribution in [0.3, 0.4) is 0 Å². The molecule has 2 aromatic carbocycles. The van der Waals surface area contributed by atoms with Gasteiger partial charge in [-0.05, 0) is 88.4 Å². The molecule has 8 nitrogen and oxygen atoms in total. The Bertz CT molecular complexity index is 1380. The highest BCUT2D eigenvalue weighted by Gasteiger charge is 2.37. The number of carbonyl (C=O) groups excluding carboxylic acids is 2. The summed E-state index contributed by atoms with van der Waals surface area (Å²) in [4.78, 5) is 27.6. The molecule has 2 aliphatic heterocycles. The molecule has 0 bridgehead atoms. The van der Waals surface area contributed by atoms with Crippen molar-refractivity contribution >= 4 is 23.0 Å². The van der Waals surface area contributed by atoms with Crippen LogP contribution in [0.1, 0.15) is 66.7 Å². The van der Waals surface area contributed by atoms with E-state index in [9.17, 15) is 9.59 Å². The van der Waals surface area contributed by atoms with Gasteiger partial charge < -0.3 is 18.9 Å². The van der Waals surface area contributed by atoms with E-state index in [1.807, 2.05) is 64.1 Å². The largest absolute Gasteiger partial charge is 0.496 e. The number of carbonyl (C=O) groups is 2. The van der Waals surface area contributed by atoms with Gasteiger partial charge in [0.1, 0.15) is 11.4 Å². The summed E-state index contributed by atoms with van der Waals surface area (Å²) in [6.07, 6.45) is 3.51. The van der Waals surface area contributed by atoms with Gasteiger partial charge in [0.15, 0.2) is 0 Å². The average molecular weight is 549 g/mol. The van der Waals surface area contributed by atoms with Crippen molar-refractivity contribution in [3.05, 3.63) is 64.8 Å². The summed E-state index contributed by atoms with van der Waals surface area (Å²) in [5, 5.41) is 0.983. The van der Waals surface area contributed by atoms with Gasteiger partial charge in [-0.3, -0.25) is 9.47 Å².